The fourth-order valence-electron chi connectivity index (χ4n) is 2.87. The Morgan fingerprint density at radius 2 is 1.61 bits per heavy atom. The van der Waals surface area contributed by atoms with Gasteiger partial charge in [-0.2, -0.15) is 0 Å². The minimum atomic E-state index is -0.760. The predicted octanol–water partition coefficient (Wildman–Crippen LogP) is 3.72. The van der Waals surface area contributed by atoms with Gasteiger partial charge in [0.05, 0.1) is 12.8 Å². The maximum atomic E-state index is 12.0. The number of methoxy groups -OCH3 is 1. The first kappa shape index (κ1) is 23.6. The summed E-state index contributed by atoms with van der Waals surface area (Å²) in [7, 11) is 4.85. The second-order valence-corrected chi connectivity index (χ2v) is 6.61. The van der Waals surface area contributed by atoms with Crippen LogP contribution in [-0.4, -0.2) is 57.5 Å². The van der Waals surface area contributed by atoms with Crippen LogP contribution in [0.15, 0.2) is 30.3 Å². The Morgan fingerprint density at radius 3 is 2.16 bits per heavy atom. The zero-order chi connectivity index (χ0) is 23.3. The Balaban J connectivity index is 0.00000166. The molecule has 0 radical (unpaired) electrons. The first-order chi connectivity index (χ1) is 14.7. The van der Waals surface area contributed by atoms with E-state index in [1.165, 1.54) is 19.2 Å². The lowest BCUT2D eigenvalue weighted by atomic mass is 10.1. The molecule has 0 saturated carbocycles. The Morgan fingerprint density at radius 1 is 1.00 bits per heavy atom. The van der Waals surface area contributed by atoms with Crippen molar-refractivity contribution in [2.24, 2.45) is 0 Å². The zero-order valence-electron chi connectivity index (χ0n) is 18.0. The van der Waals surface area contributed by atoms with Gasteiger partial charge in [0.15, 0.2) is 22.9 Å². The highest BCUT2D eigenvalue weighted by Gasteiger charge is 2.21. The van der Waals surface area contributed by atoms with Gasteiger partial charge in [-0.15, -0.1) is 0 Å². The van der Waals surface area contributed by atoms with E-state index < -0.39 is 17.5 Å². The van der Waals surface area contributed by atoms with Gasteiger partial charge in [-0.1, -0.05) is 13.8 Å². The van der Waals surface area contributed by atoms with Crippen LogP contribution in [0.4, 0.5) is 0 Å². The van der Waals surface area contributed by atoms with Crippen LogP contribution >= 0.6 is 0 Å². The van der Waals surface area contributed by atoms with Gasteiger partial charge >= 0.3 is 5.97 Å². The van der Waals surface area contributed by atoms with Crippen molar-refractivity contribution in [1.29, 1.82) is 0 Å². The number of benzene rings is 2. The first-order valence-electron chi connectivity index (χ1n) is 9.52. The molecule has 31 heavy (non-hydrogen) atoms. The smallest absolute Gasteiger partial charge is 0.360 e. The monoisotopic (exact) mass is 430 g/mol. The molecular formula is C22H26N2O7. The molecule has 0 aliphatic heterocycles. The summed E-state index contributed by atoms with van der Waals surface area (Å²) in [4.78, 5) is 18.1. The molecule has 0 unspecified atom stereocenters. The molecule has 4 N–H and O–H groups in total. The number of phenols is 3. The van der Waals surface area contributed by atoms with Gasteiger partial charge in [0.25, 0.3) is 0 Å². The van der Waals surface area contributed by atoms with Crippen molar-refractivity contribution in [2.75, 3.05) is 21.2 Å². The Bertz CT molecular complexity index is 1070. The Kier molecular flexibility index (Phi) is 7.49. The lowest BCUT2D eigenvalue weighted by Gasteiger charge is -2.16. The molecule has 0 aliphatic rings. The summed E-state index contributed by atoms with van der Waals surface area (Å²) in [5.41, 5.74) is 0.298. The molecule has 9 nitrogen and oxygen atoms in total. The minimum Gasteiger partial charge on any atom is -0.508 e. The van der Waals surface area contributed by atoms with Crippen molar-refractivity contribution in [2.45, 2.75) is 20.4 Å². The van der Waals surface area contributed by atoms with E-state index in [1.807, 2.05) is 32.8 Å². The number of nitrogens with zero attached hydrogens (tertiary/aromatic N) is 2. The van der Waals surface area contributed by atoms with Crippen molar-refractivity contribution in [3.8, 4) is 34.5 Å². The summed E-state index contributed by atoms with van der Waals surface area (Å²) in [6.07, 6.45) is 0. The summed E-state index contributed by atoms with van der Waals surface area (Å²) in [5, 5.41) is 40.6. The summed E-state index contributed by atoms with van der Waals surface area (Å²) in [6.45, 7) is 4.36. The molecule has 9 heteroatoms. The SMILES string of the molecule is CC.COC(=O)c1nc(CN(C)C)c2cc(Oc3c(O)cc(O)cc3O)ccc2c1O. The average molecular weight is 430 g/mol. The van der Waals surface area contributed by atoms with Crippen LogP contribution in [0.2, 0.25) is 0 Å². The van der Waals surface area contributed by atoms with E-state index in [-0.39, 0.29) is 28.7 Å². The Hall–Kier alpha value is -3.72. The summed E-state index contributed by atoms with van der Waals surface area (Å²) in [5.74, 6) is -2.29. The second-order valence-electron chi connectivity index (χ2n) is 6.61. The fourth-order valence-corrected chi connectivity index (χ4v) is 2.87. The molecular weight excluding hydrogens is 404 g/mol. The number of ether oxygens (including phenoxy) is 2. The van der Waals surface area contributed by atoms with E-state index in [0.717, 1.165) is 12.1 Å². The van der Waals surface area contributed by atoms with Gasteiger partial charge in [0.2, 0.25) is 5.75 Å². The molecule has 0 saturated heterocycles. The molecule has 166 valence electrons. The number of esters is 1. The van der Waals surface area contributed by atoms with Crippen molar-refractivity contribution < 1.29 is 34.7 Å². The number of fused-ring (bicyclic) bond motifs is 1. The van der Waals surface area contributed by atoms with Crippen LogP contribution in [0.25, 0.3) is 10.8 Å². The highest BCUT2D eigenvalue weighted by Crippen LogP contribution is 2.43. The maximum absolute atomic E-state index is 12.0. The first-order valence-corrected chi connectivity index (χ1v) is 9.52. The number of pyridine rings is 1. The van der Waals surface area contributed by atoms with E-state index in [2.05, 4.69) is 9.72 Å². The average Bonchev–Trinajstić information content (AvgIpc) is 2.73. The maximum Gasteiger partial charge on any atom is 0.360 e. The fraction of sp³-hybridized carbons (Fsp3) is 0.273. The third-order valence-electron chi connectivity index (χ3n) is 4.13. The standard InChI is InChI=1S/C20H20N2O7.C2H6/c1-22(2)9-14-13-8-11(29-19-15(24)6-10(23)7-16(19)25)4-5-12(13)18(26)17(21-14)20(27)28-3;1-2/h4-8,23-26H,9H2,1-3H3;1-2H3. The zero-order valence-corrected chi connectivity index (χ0v) is 18.0. The minimum absolute atomic E-state index is 0.195. The number of rotatable bonds is 5. The molecule has 2 aromatic carbocycles. The highest BCUT2D eigenvalue weighted by molar-refractivity contribution is 6.00. The lowest BCUT2D eigenvalue weighted by molar-refractivity contribution is 0.0590. The number of aromatic nitrogens is 1. The number of aromatic hydroxyl groups is 4. The van der Waals surface area contributed by atoms with Crippen LogP contribution in [0.3, 0.4) is 0 Å². The van der Waals surface area contributed by atoms with Crippen molar-refractivity contribution in [1.82, 2.24) is 9.88 Å². The van der Waals surface area contributed by atoms with Gasteiger partial charge < -0.3 is 34.8 Å². The highest BCUT2D eigenvalue weighted by atomic mass is 16.5. The number of phenolic OH excluding ortho intramolecular Hbond substituents is 3. The summed E-state index contributed by atoms with van der Waals surface area (Å²) in [6, 6.07) is 6.65. The van der Waals surface area contributed by atoms with Gasteiger partial charge in [-0.3, -0.25) is 0 Å². The molecule has 0 spiro atoms. The molecule has 3 rings (SSSR count). The molecule has 0 amide bonds. The van der Waals surface area contributed by atoms with Crippen molar-refractivity contribution in [3.05, 3.63) is 41.7 Å². The van der Waals surface area contributed by atoms with E-state index in [4.69, 9.17) is 4.74 Å². The molecule has 0 bridgehead atoms. The van der Waals surface area contributed by atoms with Crippen LogP contribution in [0.5, 0.6) is 34.5 Å². The van der Waals surface area contributed by atoms with Crippen molar-refractivity contribution >= 4 is 16.7 Å². The molecule has 0 fully saturated rings. The van der Waals surface area contributed by atoms with E-state index in [1.54, 1.807) is 6.07 Å². The number of carbonyl (C=O) groups is 1. The van der Waals surface area contributed by atoms with E-state index in [9.17, 15) is 25.2 Å². The third-order valence-corrected chi connectivity index (χ3v) is 4.13. The number of hydrogen-bond donors (Lipinski definition) is 4. The van der Waals surface area contributed by atoms with Crippen LogP contribution < -0.4 is 4.74 Å². The van der Waals surface area contributed by atoms with Crippen molar-refractivity contribution in [3.63, 3.8) is 0 Å². The summed E-state index contributed by atoms with van der Waals surface area (Å²) < 4.78 is 10.3. The lowest BCUT2D eigenvalue weighted by Crippen LogP contribution is -2.15. The number of hydrogen-bond acceptors (Lipinski definition) is 9. The normalized spacial score (nSPS) is 10.5. The van der Waals surface area contributed by atoms with E-state index in [0.29, 0.717) is 23.0 Å². The van der Waals surface area contributed by atoms with Gasteiger partial charge in [-0.05, 0) is 32.3 Å². The van der Waals surface area contributed by atoms with Crippen LogP contribution in [-0.2, 0) is 11.3 Å². The van der Waals surface area contributed by atoms with Gasteiger partial charge in [0, 0.05) is 29.4 Å². The molecule has 3 aromatic rings. The van der Waals surface area contributed by atoms with E-state index >= 15 is 0 Å². The summed E-state index contributed by atoms with van der Waals surface area (Å²) >= 11 is 0. The third kappa shape index (κ3) is 5.07. The Labute approximate surface area is 179 Å². The van der Waals surface area contributed by atoms with Gasteiger partial charge in [0.1, 0.15) is 11.5 Å². The largest absolute Gasteiger partial charge is 0.508 e. The van der Waals surface area contributed by atoms with Crippen LogP contribution in [0, 0.1) is 0 Å². The predicted molar refractivity (Wildman–Crippen MR) is 115 cm³/mol. The molecule has 1 aromatic heterocycles. The number of carbonyl (C=O) groups excluding carboxylic acids is 1. The second kappa shape index (κ2) is 9.86. The molecule has 0 aliphatic carbocycles. The quantitative estimate of drug-likeness (QED) is 0.447. The molecule has 0 atom stereocenters. The van der Waals surface area contributed by atoms with Crippen LogP contribution in [0.1, 0.15) is 30.0 Å². The topological polar surface area (TPSA) is 133 Å². The van der Waals surface area contributed by atoms with Gasteiger partial charge in [-0.25, -0.2) is 9.78 Å². The molecule has 1 heterocycles.